The number of hydrogen-bond donors (Lipinski definition) is 0. The molecule has 0 aliphatic carbocycles. The zero-order valence-corrected chi connectivity index (χ0v) is 13.5. The van der Waals surface area contributed by atoms with Gasteiger partial charge in [0.05, 0.1) is 24.4 Å². The van der Waals surface area contributed by atoms with Crippen LogP contribution < -0.4 is 4.74 Å². The van der Waals surface area contributed by atoms with E-state index < -0.39 is 0 Å². The van der Waals surface area contributed by atoms with E-state index >= 15 is 0 Å². The Morgan fingerprint density at radius 2 is 2.10 bits per heavy atom. The van der Waals surface area contributed by atoms with E-state index in [4.69, 9.17) is 9.15 Å². The Bertz CT molecular complexity index is 603. The molecule has 4 heteroatoms. The monoisotopic (exact) mass is 304 g/mol. The summed E-state index contributed by atoms with van der Waals surface area (Å²) < 4.78 is 10.8. The quantitative estimate of drug-likeness (QED) is 0.710. The van der Waals surface area contributed by atoms with Crippen LogP contribution in [0.4, 0.5) is 0 Å². The molecule has 0 aliphatic heterocycles. The number of ketones is 1. The van der Waals surface area contributed by atoms with Gasteiger partial charge in [-0.2, -0.15) is 0 Å². The minimum absolute atomic E-state index is 0.148. The lowest BCUT2D eigenvalue weighted by Gasteiger charge is -2.11. The summed E-state index contributed by atoms with van der Waals surface area (Å²) in [6.07, 6.45) is 1.65. The number of benzene rings is 1. The molecule has 3 nitrogen and oxygen atoms in total. The van der Waals surface area contributed by atoms with Crippen LogP contribution in [0.1, 0.15) is 34.2 Å². The fraction of sp³-hybridized carbons (Fsp3) is 0.353. The van der Waals surface area contributed by atoms with E-state index in [9.17, 15) is 4.79 Å². The molecule has 0 radical (unpaired) electrons. The van der Waals surface area contributed by atoms with E-state index in [1.165, 1.54) is 0 Å². The van der Waals surface area contributed by atoms with Crippen molar-refractivity contribution in [2.75, 3.05) is 12.4 Å². The molecule has 1 heterocycles. The summed E-state index contributed by atoms with van der Waals surface area (Å²) >= 11 is 1.57. The van der Waals surface area contributed by atoms with Crippen molar-refractivity contribution in [3.8, 4) is 5.75 Å². The highest BCUT2D eigenvalue weighted by Crippen LogP contribution is 2.24. The van der Waals surface area contributed by atoms with Crippen LogP contribution in [0.3, 0.4) is 0 Å². The summed E-state index contributed by atoms with van der Waals surface area (Å²) in [5.74, 6) is 3.07. The Morgan fingerprint density at radius 3 is 2.76 bits per heavy atom. The lowest BCUT2D eigenvalue weighted by atomic mass is 10.0. The van der Waals surface area contributed by atoms with Crippen molar-refractivity contribution in [2.45, 2.75) is 26.5 Å². The van der Waals surface area contributed by atoms with Crippen LogP contribution in [0, 0.1) is 13.8 Å². The second-order valence-electron chi connectivity index (χ2n) is 4.86. The molecule has 1 aromatic heterocycles. The minimum atomic E-state index is 0.148. The number of Topliss-reactive ketones (excluding diaryl/α,β-unsaturated/α-hetero) is 1. The van der Waals surface area contributed by atoms with Crippen LogP contribution in [0.25, 0.3) is 0 Å². The molecule has 2 aromatic rings. The van der Waals surface area contributed by atoms with E-state index in [1.54, 1.807) is 18.0 Å². The lowest BCUT2D eigenvalue weighted by Crippen LogP contribution is -2.07. The van der Waals surface area contributed by atoms with Gasteiger partial charge in [0.25, 0.3) is 0 Å². The van der Waals surface area contributed by atoms with Gasteiger partial charge in [0.1, 0.15) is 11.5 Å². The molecule has 0 N–H and O–H groups in total. The van der Waals surface area contributed by atoms with Gasteiger partial charge >= 0.3 is 0 Å². The molecule has 2 rings (SSSR count). The van der Waals surface area contributed by atoms with E-state index in [-0.39, 0.29) is 5.78 Å². The molecule has 0 fully saturated rings. The SMILES string of the molecule is CCOc1cc(C)c(C(=O)CSCc2ccco2)cc1C. The van der Waals surface area contributed by atoms with Gasteiger partial charge in [-0.25, -0.2) is 0 Å². The third-order valence-electron chi connectivity index (χ3n) is 3.18. The number of rotatable bonds is 7. The molecular formula is C17H20O3S. The standard InChI is InChI=1S/C17H20O3S/c1-4-19-17-9-12(2)15(8-13(17)3)16(18)11-21-10-14-6-5-7-20-14/h5-9H,4,10-11H2,1-3H3. The average molecular weight is 304 g/mol. The first kappa shape index (κ1) is 15.7. The number of hydrogen-bond acceptors (Lipinski definition) is 4. The third kappa shape index (κ3) is 4.14. The van der Waals surface area contributed by atoms with Gasteiger partial charge in [-0.05, 0) is 56.2 Å². The molecule has 0 saturated heterocycles. The molecule has 21 heavy (non-hydrogen) atoms. The molecule has 1 aromatic carbocycles. The fourth-order valence-electron chi connectivity index (χ4n) is 2.12. The van der Waals surface area contributed by atoms with E-state index in [0.29, 0.717) is 18.1 Å². The van der Waals surface area contributed by atoms with Crippen LogP contribution in [0.15, 0.2) is 34.9 Å². The first-order valence-corrected chi connectivity index (χ1v) is 8.14. The maximum absolute atomic E-state index is 12.3. The van der Waals surface area contributed by atoms with Crippen molar-refractivity contribution < 1.29 is 13.9 Å². The smallest absolute Gasteiger partial charge is 0.173 e. The first-order chi connectivity index (χ1) is 10.1. The van der Waals surface area contributed by atoms with Gasteiger partial charge in [-0.3, -0.25) is 4.79 Å². The van der Waals surface area contributed by atoms with Gasteiger partial charge in [0.2, 0.25) is 0 Å². The second-order valence-corrected chi connectivity index (χ2v) is 5.85. The molecule has 112 valence electrons. The van der Waals surface area contributed by atoms with Crippen molar-refractivity contribution in [3.05, 3.63) is 53.0 Å². The van der Waals surface area contributed by atoms with Crippen molar-refractivity contribution in [1.29, 1.82) is 0 Å². The van der Waals surface area contributed by atoms with Gasteiger partial charge in [-0.15, -0.1) is 11.8 Å². The average Bonchev–Trinajstić information content (AvgIpc) is 2.96. The van der Waals surface area contributed by atoms with E-state index in [1.807, 2.05) is 45.0 Å². The molecule has 0 amide bonds. The van der Waals surface area contributed by atoms with Crippen molar-refractivity contribution in [1.82, 2.24) is 0 Å². The van der Waals surface area contributed by atoms with Crippen LogP contribution in [0.2, 0.25) is 0 Å². The van der Waals surface area contributed by atoms with Crippen LogP contribution in [-0.4, -0.2) is 18.1 Å². The Kier molecular flexibility index (Phi) is 5.51. The van der Waals surface area contributed by atoms with Crippen LogP contribution >= 0.6 is 11.8 Å². The first-order valence-electron chi connectivity index (χ1n) is 6.99. The zero-order chi connectivity index (χ0) is 15.2. The highest BCUT2D eigenvalue weighted by Gasteiger charge is 2.12. The van der Waals surface area contributed by atoms with Crippen LogP contribution in [0.5, 0.6) is 5.75 Å². The Morgan fingerprint density at radius 1 is 1.29 bits per heavy atom. The summed E-state index contributed by atoms with van der Waals surface area (Å²) in [6.45, 7) is 6.51. The molecule has 0 saturated carbocycles. The summed E-state index contributed by atoms with van der Waals surface area (Å²) in [7, 11) is 0. The number of thioether (sulfide) groups is 1. The van der Waals surface area contributed by atoms with Gasteiger partial charge < -0.3 is 9.15 Å². The summed E-state index contributed by atoms with van der Waals surface area (Å²) in [5, 5.41) is 0. The number of aryl methyl sites for hydroxylation is 2. The third-order valence-corrected chi connectivity index (χ3v) is 4.13. The summed E-state index contributed by atoms with van der Waals surface area (Å²) in [4.78, 5) is 12.3. The van der Waals surface area contributed by atoms with Gasteiger partial charge in [0.15, 0.2) is 5.78 Å². The number of ether oxygens (including phenoxy) is 1. The topological polar surface area (TPSA) is 39.4 Å². The van der Waals surface area contributed by atoms with Crippen molar-refractivity contribution >= 4 is 17.5 Å². The molecule has 0 unspecified atom stereocenters. The fourth-order valence-corrected chi connectivity index (χ4v) is 2.93. The number of furan rings is 1. The van der Waals surface area contributed by atoms with Crippen molar-refractivity contribution in [2.24, 2.45) is 0 Å². The highest BCUT2D eigenvalue weighted by molar-refractivity contribution is 7.99. The zero-order valence-electron chi connectivity index (χ0n) is 12.6. The Labute approximate surface area is 129 Å². The Hall–Kier alpha value is -1.68. The van der Waals surface area contributed by atoms with Gasteiger partial charge in [0, 0.05) is 5.56 Å². The normalized spacial score (nSPS) is 10.6. The number of carbonyl (C=O) groups is 1. The number of carbonyl (C=O) groups excluding carboxylic acids is 1. The largest absolute Gasteiger partial charge is 0.494 e. The molecule has 0 aliphatic rings. The highest BCUT2D eigenvalue weighted by atomic mass is 32.2. The van der Waals surface area contributed by atoms with Crippen LogP contribution in [-0.2, 0) is 5.75 Å². The minimum Gasteiger partial charge on any atom is -0.494 e. The molecule has 0 spiro atoms. The van der Waals surface area contributed by atoms with Crippen molar-refractivity contribution in [3.63, 3.8) is 0 Å². The second kappa shape index (κ2) is 7.36. The van der Waals surface area contributed by atoms with E-state index in [2.05, 4.69) is 0 Å². The molecule has 0 bridgehead atoms. The predicted molar refractivity (Wildman–Crippen MR) is 86.3 cm³/mol. The maximum Gasteiger partial charge on any atom is 0.173 e. The molecular weight excluding hydrogens is 284 g/mol. The maximum atomic E-state index is 12.3. The summed E-state index contributed by atoms with van der Waals surface area (Å²) in [5.41, 5.74) is 2.75. The van der Waals surface area contributed by atoms with E-state index in [0.717, 1.165) is 28.2 Å². The molecule has 0 atom stereocenters. The lowest BCUT2D eigenvalue weighted by molar-refractivity contribution is 0.102. The Balaban J connectivity index is 2.00. The predicted octanol–water partition coefficient (Wildman–Crippen LogP) is 4.41. The summed E-state index contributed by atoms with van der Waals surface area (Å²) in [6, 6.07) is 7.65. The van der Waals surface area contributed by atoms with Gasteiger partial charge in [-0.1, -0.05) is 0 Å².